The fourth-order valence-corrected chi connectivity index (χ4v) is 5.67. The number of nitrogens with one attached hydrogen (secondary N) is 2. The number of para-hydroxylation sites is 2. The van der Waals surface area contributed by atoms with Gasteiger partial charge in [-0.1, -0.05) is 48.2 Å². The highest BCUT2D eigenvalue weighted by atomic mass is 32.2. The number of aromatic amines is 2. The lowest BCUT2D eigenvalue weighted by Crippen LogP contribution is -2.17. The second-order valence-corrected chi connectivity index (χ2v) is 9.62. The van der Waals surface area contributed by atoms with Gasteiger partial charge in [0.15, 0.2) is 16.8 Å². The highest BCUT2D eigenvalue weighted by molar-refractivity contribution is 7.99. The van der Waals surface area contributed by atoms with E-state index in [1.165, 1.54) is 11.8 Å². The molecule has 5 aromatic rings. The number of aryl methyl sites for hydroxylation is 1. The Morgan fingerprint density at radius 2 is 1.91 bits per heavy atom. The van der Waals surface area contributed by atoms with Crippen LogP contribution in [0.2, 0.25) is 0 Å². The van der Waals surface area contributed by atoms with Crippen molar-refractivity contribution in [2.45, 2.75) is 37.6 Å². The second kappa shape index (κ2) is 8.77. The predicted molar refractivity (Wildman–Crippen MR) is 134 cm³/mol. The minimum absolute atomic E-state index is 0.0836. The number of thioether (sulfide) groups is 1. The zero-order valence-corrected chi connectivity index (χ0v) is 19.7. The third kappa shape index (κ3) is 3.73. The predicted octanol–water partition coefficient (Wildman–Crippen LogP) is 5.37. The lowest BCUT2D eigenvalue weighted by atomic mass is 10.1. The molecule has 2 aromatic carbocycles. The van der Waals surface area contributed by atoms with E-state index >= 15 is 0 Å². The number of fused-ring (bicyclic) bond motifs is 2. The van der Waals surface area contributed by atoms with Crippen LogP contribution in [0.5, 0.6) is 0 Å². The van der Waals surface area contributed by atoms with Crippen LogP contribution in [0.15, 0.2) is 59.9 Å². The average molecular weight is 472 g/mol. The summed E-state index contributed by atoms with van der Waals surface area (Å²) in [5.74, 6) is 1.17. The first-order valence-electron chi connectivity index (χ1n) is 11.5. The highest BCUT2D eigenvalue weighted by Gasteiger charge is 2.24. The second-order valence-electron chi connectivity index (χ2n) is 8.68. The van der Waals surface area contributed by atoms with E-state index in [9.17, 15) is 4.79 Å². The molecule has 4 heterocycles. The minimum atomic E-state index is 0.0836. The number of ether oxygens (including phenoxy) is 1. The summed E-state index contributed by atoms with van der Waals surface area (Å²) in [6, 6.07) is 16.1. The molecule has 1 unspecified atom stereocenters. The standard InChI is InChI=1S/C26H25N5O2S/c1-16-24(19-9-3-5-11-22(19)28-16)23(32)15-34-26-30-29-25(31(26)14-17-7-6-12-33-17)20-13-27-21-10-4-2-8-18(20)21/h2-5,8-11,13,17,27-28H,6-7,12,14-15H2,1H3. The summed E-state index contributed by atoms with van der Waals surface area (Å²) in [5, 5.41) is 11.9. The molecular formula is C26H25N5O2S. The maximum Gasteiger partial charge on any atom is 0.192 e. The van der Waals surface area contributed by atoms with Crippen LogP contribution in [0.1, 0.15) is 28.9 Å². The van der Waals surface area contributed by atoms with Gasteiger partial charge in [-0.2, -0.15) is 0 Å². The largest absolute Gasteiger partial charge is 0.376 e. The molecule has 6 rings (SSSR count). The molecule has 172 valence electrons. The number of ketones is 1. The molecule has 34 heavy (non-hydrogen) atoms. The fraction of sp³-hybridized carbons (Fsp3) is 0.269. The van der Waals surface area contributed by atoms with Crippen LogP contribution in [0.3, 0.4) is 0 Å². The van der Waals surface area contributed by atoms with Crippen LogP contribution in [0.25, 0.3) is 33.2 Å². The van der Waals surface area contributed by atoms with Gasteiger partial charge < -0.3 is 14.7 Å². The number of hydrogen-bond donors (Lipinski definition) is 2. The first-order chi connectivity index (χ1) is 16.7. The van der Waals surface area contributed by atoms with E-state index in [2.05, 4.69) is 36.9 Å². The lowest BCUT2D eigenvalue weighted by Gasteiger charge is -2.14. The van der Waals surface area contributed by atoms with E-state index in [1.54, 1.807) is 0 Å². The Labute approximate surface area is 200 Å². The van der Waals surface area contributed by atoms with Gasteiger partial charge >= 0.3 is 0 Å². The van der Waals surface area contributed by atoms with Gasteiger partial charge in [0.2, 0.25) is 0 Å². The summed E-state index contributed by atoms with van der Waals surface area (Å²) in [6.07, 6.45) is 4.19. The normalized spacial score (nSPS) is 16.1. The van der Waals surface area contributed by atoms with Crippen LogP contribution >= 0.6 is 11.8 Å². The number of H-pyrrole nitrogens is 2. The first kappa shape index (κ1) is 21.2. The van der Waals surface area contributed by atoms with E-state index < -0.39 is 0 Å². The molecule has 0 aliphatic carbocycles. The number of nitrogens with zero attached hydrogens (tertiary/aromatic N) is 3. The van der Waals surface area contributed by atoms with Crippen LogP contribution in [-0.2, 0) is 11.3 Å². The molecule has 0 saturated carbocycles. The number of benzene rings is 2. The minimum Gasteiger partial charge on any atom is -0.376 e. The number of Topliss-reactive ketones (excluding diaryl/α,β-unsaturated/α-hetero) is 1. The number of rotatable bonds is 7. The monoisotopic (exact) mass is 471 g/mol. The number of hydrogen-bond acceptors (Lipinski definition) is 5. The summed E-state index contributed by atoms with van der Waals surface area (Å²) in [7, 11) is 0. The number of carbonyl (C=O) groups is 1. The van der Waals surface area contributed by atoms with E-state index in [-0.39, 0.29) is 11.9 Å². The van der Waals surface area contributed by atoms with Crippen molar-refractivity contribution in [3.63, 3.8) is 0 Å². The van der Waals surface area contributed by atoms with Crippen molar-refractivity contribution in [3.05, 3.63) is 66.0 Å². The van der Waals surface area contributed by atoms with E-state index in [4.69, 9.17) is 4.74 Å². The zero-order valence-electron chi connectivity index (χ0n) is 18.9. The molecule has 0 radical (unpaired) electrons. The van der Waals surface area contributed by atoms with Crippen LogP contribution in [-0.4, -0.2) is 49.0 Å². The molecule has 1 aliphatic heterocycles. The molecular weight excluding hydrogens is 446 g/mol. The van der Waals surface area contributed by atoms with Gasteiger partial charge in [0.1, 0.15) is 0 Å². The molecule has 0 bridgehead atoms. The molecule has 1 atom stereocenters. The van der Waals surface area contributed by atoms with Crippen molar-refractivity contribution in [2.24, 2.45) is 0 Å². The van der Waals surface area contributed by atoms with E-state index in [1.807, 2.05) is 49.5 Å². The van der Waals surface area contributed by atoms with Crippen molar-refractivity contribution < 1.29 is 9.53 Å². The van der Waals surface area contributed by atoms with Crippen molar-refractivity contribution in [3.8, 4) is 11.4 Å². The Morgan fingerprint density at radius 1 is 1.12 bits per heavy atom. The SMILES string of the molecule is Cc1[nH]c2ccccc2c1C(=O)CSc1nnc(-c2c[nH]c3ccccc23)n1CC1CCCO1. The van der Waals surface area contributed by atoms with Crippen LogP contribution in [0.4, 0.5) is 0 Å². The third-order valence-electron chi connectivity index (χ3n) is 6.46. The molecule has 1 saturated heterocycles. The number of carbonyl (C=O) groups excluding carboxylic acids is 1. The molecule has 3 aromatic heterocycles. The van der Waals surface area contributed by atoms with E-state index in [0.717, 1.165) is 69.1 Å². The summed E-state index contributed by atoms with van der Waals surface area (Å²) in [4.78, 5) is 19.9. The van der Waals surface area contributed by atoms with Crippen LogP contribution < -0.4 is 0 Å². The average Bonchev–Trinajstić information content (AvgIpc) is 3.63. The Kier molecular flexibility index (Phi) is 5.47. The first-order valence-corrected chi connectivity index (χ1v) is 12.5. The fourth-order valence-electron chi connectivity index (χ4n) is 4.85. The maximum atomic E-state index is 13.3. The number of aromatic nitrogens is 5. The quantitative estimate of drug-likeness (QED) is 0.246. The van der Waals surface area contributed by atoms with Gasteiger partial charge in [0, 0.05) is 51.4 Å². The van der Waals surface area contributed by atoms with Crippen LogP contribution in [0, 0.1) is 6.92 Å². The van der Waals surface area contributed by atoms with Gasteiger partial charge in [0.25, 0.3) is 0 Å². The lowest BCUT2D eigenvalue weighted by molar-refractivity contribution is 0.0953. The van der Waals surface area contributed by atoms with Crippen molar-refractivity contribution in [1.82, 2.24) is 24.7 Å². The molecule has 0 amide bonds. The molecule has 0 spiro atoms. The van der Waals surface area contributed by atoms with Gasteiger partial charge in [-0.3, -0.25) is 9.36 Å². The van der Waals surface area contributed by atoms with Gasteiger partial charge in [-0.15, -0.1) is 10.2 Å². The maximum absolute atomic E-state index is 13.3. The molecule has 7 nitrogen and oxygen atoms in total. The highest BCUT2D eigenvalue weighted by Crippen LogP contribution is 2.32. The molecule has 8 heteroatoms. The summed E-state index contributed by atoms with van der Waals surface area (Å²) in [6.45, 7) is 3.41. The third-order valence-corrected chi connectivity index (χ3v) is 7.43. The topological polar surface area (TPSA) is 88.6 Å². The zero-order chi connectivity index (χ0) is 23.1. The summed E-state index contributed by atoms with van der Waals surface area (Å²) in [5.41, 5.74) is 4.70. The van der Waals surface area contributed by atoms with Gasteiger partial charge in [-0.05, 0) is 31.9 Å². The Balaban J connectivity index is 1.32. The summed E-state index contributed by atoms with van der Waals surface area (Å²) < 4.78 is 8.04. The van der Waals surface area contributed by atoms with Gasteiger partial charge in [0.05, 0.1) is 18.4 Å². The van der Waals surface area contributed by atoms with Crippen molar-refractivity contribution in [2.75, 3.05) is 12.4 Å². The Bertz CT molecular complexity index is 1490. The Morgan fingerprint density at radius 3 is 2.74 bits per heavy atom. The smallest absolute Gasteiger partial charge is 0.192 e. The summed E-state index contributed by atoms with van der Waals surface area (Å²) >= 11 is 1.44. The molecule has 2 N–H and O–H groups in total. The molecule has 1 fully saturated rings. The van der Waals surface area contributed by atoms with Gasteiger partial charge in [-0.25, -0.2) is 0 Å². The van der Waals surface area contributed by atoms with E-state index in [0.29, 0.717) is 12.3 Å². The molecule has 1 aliphatic rings. The Hall–Kier alpha value is -3.36. The van der Waals surface area contributed by atoms with Crippen molar-refractivity contribution >= 4 is 39.4 Å². The van der Waals surface area contributed by atoms with Crippen molar-refractivity contribution in [1.29, 1.82) is 0 Å².